The number of aliphatic hydroxyl groups excluding tert-OH is 26. The van der Waals surface area contributed by atoms with Crippen molar-refractivity contribution >= 4 is 35.4 Å². The highest BCUT2D eigenvalue weighted by molar-refractivity contribution is 5.75. The molecule has 744 valence electrons. The summed E-state index contributed by atoms with van der Waals surface area (Å²) >= 11 is 0. The van der Waals surface area contributed by atoms with E-state index in [1.165, 1.54) is 0 Å². The lowest BCUT2D eigenvalue weighted by Gasteiger charge is -2.53. The predicted octanol–water partition coefficient (Wildman–Crippen LogP) is -21.9. The fraction of sp³-hybridized carbons (Fsp3) is 0.917. The SMILES string of the molecule is CC(=O)N[C@H]1[C@H](O[C@H]2[C@H](O)[C@@H](NC(C)=O)C(O)O[C@@H]2CO)O[C@H](CO)[C@@H](O[C@@H]2O[C@H](CO[C@H]3O[C@H](CO)[C@@H](O)[C@H](O)[C@@H]3O[C@@H]3O[C@H](CO)[C@@H](O)[C@H](O)[C@H]3NC(C)=O)[C@@H](O[C@@H]3O[C@H](CO)[C@@H](O)[C@H](O)[C@H]3NC(C)=O)[C@H](O[C@H]3O[C@H](CO)[C@@H](O[C@@H]4O[C@H](CO)[C@@H](O[C@@H]5O[C@H](CO)[C@H](O)[C@H](O)[C@H]5O)[C@H](O)[C@H]4NC(C)=O)[C@H](O)[C@@H]3O[C@@H]3O[C@H](CO)[C@@H](O)[C@H](O)[C@H]3NC(C)=O)[C@@H]2O)[C@@H]1O. The van der Waals surface area contributed by atoms with Gasteiger partial charge in [-0.1, -0.05) is 0 Å². The number of carbonyl (C=O) groups is 6. The Morgan fingerprint density at radius 2 is 0.434 bits per heavy atom. The molecule has 0 bridgehead atoms. The second kappa shape index (κ2) is 46.7. The molecule has 1 unspecified atom stereocenters. The first-order chi connectivity index (χ1) is 61.0. The van der Waals surface area contributed by atoms with E-state index in [4.69, 9.17) is 90.0 Å². The van der Waals surface area contributed by atoms with Crippen LogP contribution in [0.3, 0.4) is 0 Å². The maximum atomic E-state index is 13.6. The summed E-state index contributed by atoms with van der Waals surface area (Å²) in [6.45, 7) is -6.41. The van der Waals surface area contributed by atoms with Crippen molar-refractivity contribution in [2.75, 3.05) is 66.1 Å². The largest absolute Gasteiger partial charge is 0.394 e. The third kappa shape index (κ3) is 24.0. The second-order valence-electron chi connectivity index (χ2n) is 32.4. The Morgan fingerprint density at radius 1 is 0.202 bits per heavy atom. The molecule has 10 aliphatic heterocycles. The Bertz CT molecular complexity index is 3570. The summed E-state index contributed by atoms with van der Waals surface area (Å²) in [4.78, 5) is 77.9. The van der Waals surface area contributed by atoms with Crippen molar-refractivity contribution in [1.29, 1.82) is 0 Å². The zero-order chi connectivity index (χ0) is 95.1. The van der Waals surface area contributed by atoms with Crippen molar-refractivity contribution in [1.82, 2.24) is 31.9 Å². The van der Waals surface area contributed by atoms with E-state index in [2.05, 4.69) is 31.9 Å². The average Bonchev–Trinajstić information content (AvgIpc) is 0.752. The minimum absolute atomic E-state index is 0.830. The lowest BCUT2D eigenvalue weighted by molar-refractivity contribution is -0.413. The molecule has 57 heteroatoms. The molecule has 0 spiro atoms. The lowest BCUT2D eigenvalue weighted by Crippen LogP contribution is -2.72. The van der Waals surface area contributed by atoms with Gasteiger partial charge in [0, 0.05) is 41.5 Å². The molecule has 0 aromatic rings. The fourth-order valence-electron chi connectivity index (χ4n) is 16.7. The average molecular weight is 1890 g/mol. The highest BCUT2D eigenvalue weighted by Crippen LogP contribution is 2.42. The van der Waals surface area contributed by atoms with Crippen LogP contribution in [0.5, 0.6) is 0 Å². The predicted molar refractivity (Wildman–Crippen MR) is 399 cm³/mol. The third-order valence-electron chi connectivity index (χ3n) is 23.3. The topological polar surface area (TPSA) is 876 Å². The number of rotatable bonds is 34. The molecule has 50 atom stereocenters. The summed E-state index contributed by atoms with van der Waals surface area (Å²) in [5.41, 5.74) is 0. The molecule has 0 aromatic carbocycles. The third-order valence-corrected chi connectivity index (χ3v) is 23.3. The van der Waals surface area contributed by atoms with Crippen LogP contribution in [0.15, 0.2) is 0 Å². The molecule has 10 heterocycles. The quantitative estimate of drug-likeness (QED) is 0.0284. The van der Waals surface area contributed by atoms with E-state index in [1.807, 2.05) is 0 Å². The molecule has 10 rings (SSSR count). The van der Waals surface area contributed by atoms with Crippen LogP contribution in [-0.4, -0.2) is 541 Å². The van der Waals surface area contributed by atoms with Gasteiger partial charge in [0.1, 0.15) is 244 Å². The Morgan fingerprint density at radius 3 is 0.791 bits per heavy atom. The van der Waals surface area contributed by atoms with Gasteiger partial charge < -0.3 is 255 Å². The number of aliphatic hydroxyl groups is 26. The summed E-state index contributed by atoms with van der Waals surface area (Å²) in [5, 5.41) is 309. The molecule has 10 fully saturated rings. The summed E-state index contributed by atoms with van der Waals surface area (Å²) in [7, 11) is 0. The van der Waals surface area contributed by atoms with Crippen LogP contribution < -0.4 is 31.9 Å². The van der Waals surface area contributed by atoms with Gasteiger partial charge in [0.05, 0.1) is 66.1 Å². The van der Waals surface area contributed by atoms with Gasteiger partial charge in [-0.05, 0) is 0 Å². The standard InChI is InChI=1S/C72H120N6O51/c1-17(88)73-33-47(102)55(28(12-84)112-63(33)110)122-67-37(77-21(5)92)49(104)57(30(14-86)118-67)125-70-54(109)60(59(126-64-34(74-18(2)89)44(99)39(94)23(7-79)113-64)32(121-70)16-111-71-61(51(106)43(98)27(11-83)117-71)128-65-35(75-19(3)90)45(100)40(95)24(8-80)114-65)127-72-62(129-66-36(76-20(4)91)46(101)41(96)25(9-81)115-66)53(108)58(31(15-87)120-72)123-68-38(78-22(6)93)48(103)56(29(13-85)119-68)124-69-52(107)50(105)42(97)26(10-82)116-69/h23-72,79-87,94-110H,7-16H2,1-6H3,(H,73,88)(H,74,89)(H,75,90)(H,76,91)(H,77,92)(H,78,93)/t23-,24-,25-,26-,27-,28-,29-,30-,31-,32-,33-,34-,35-,36-,37-,38-,39-,40-,41-,42+,43-,44-,45-,46-,47-,48-,49-,50+,51+,52-,53+,54+,55-,56-,57-,58-,59-,60-,61+,62+,63?,64+,65+,66+,67+,68+,69+,70+,71+,72-/m1/s1. The minimum Gasteiger partial charge on any atom is -0.394 e. The first-order valence-electron chi connectivity index (χ1n) is 41.1. The number of carbonyl (C=O) groups excluding carboxylic acids is 6. The first-order valence-corrected chi connectivity index (χ1v) is 41.1. The molecule has 129 heavy (non-hydrogen) atoms. The van der Waals surface area contributed by atoms with E-state index >= 15 is 0 Å². The van der Waals surface area contributed by atoms with Crippen LogP contribution in [-0.2, 0) is 119 Å². The molecule has 57 nitrogen and oxygen atoms in total. The number of amides is 6. The van der Waals surface area contributed by atoms with E-state index in [9.17, 15) is 162 Å². The molecular weight excluding hydrogens is 1760 g/mol. The Balaban J connectivity index is 1.13. The summed E-state index contributed by atoms with van der Waals surface area (Å²) in [6, 6.07) is -11.7. The highest BCUT2D eigenvalue weighted by atomic mass is 16.8. The molecule has 10 saturated heterocycles. The van der Waals surface area contributed by atoms with E-state index in [0.717, 1.165) is 41.5 Å². The van der Waals surface area contributed by atoms with E-state index < -0.39 is 408 Å². The molecule has 6 amide bonds. The van der Waals surface area contributed by atoms with Gasteiger partial charge in [-0.15, -0.1) is 0 Å². The molecule has 0 saturated carbocycles. The van der Waals surface area contributed by atoms with E-state index in [-0.39, 0.29) is 0 Å². The van der Waals surface area contributed by atoms with Crippen molar-refractivity contribution in [2.45, 2.75) is 348 Å². The summed E-state index contributed by atoms with van der Waals surface area (Å²) < 4.78 is 117. The highest BCUT2D eigenvalue weighted by Gasteiger charge is 2.63. The van der Waals surface area contributed by atoms with Crippen LogP contribution >= 0.6 is 0 Å². The Hall–Kier alpha value is -4.98. The van der Waals surface area contributed by atoms with Gasteiger partial charge in [0.2, 0.25) is 35.4 Å². The van der Waals surface area contributed by atoms with Crippen LogP contribution in [0.2, 0.25) is 0 Å². The van der Waals surface area contributed by atoms with Gasteiger partial charge in [-0.2, -0.15) is 0 Å². The lowest BCUT2D eigenvalue weighted by atomic mass is 9.93. The molecule has 10 aliphatic rings. The monoisotopic (exact) mass is 1880 g/mol. The Kier molecular flexibility index (Phi) is 38.4. The Labute approximate surface area is 731 Å². The molecule has 0 radical (unpaired) electrons. The fourth-order valence-corrected chi connectivity index (χ4v) is 16.7. The zero-order valence-corrected chi connectivity index (χ0v) is 69.8. The van der Waals surface area contributed by atoms with E-state index in [0.29, 0.717) is 0 Å². The van der Waals surface area contributed by atoms with Crippen molar-refractivity contribution in [2.24, 2.45) is 0 Å². The number of hydrogen-bond donors (Lipinski definition) is 32. The van der Waals surface area contributed by atoms with Crippen LogP contribution in [0, 0.1) is 0 Å². The number of hydrogen-bond acceptors (Lipinski definition) is 51. The zero-order valence-electron chi connectivity index (χ0n) is 69.8. The van der Waals surface area contributed by atoms with Crippen LogP contribution in [0.1, 0.15) is 41.5 Å². The maximum absolute atomic E-state index is 13.6. The van der Waals surface area contributed by atoms with Gasteiger partial charge in [0.25, 0.3) is 0 Å². The van der Waals surface area contributed by atoms with Crippen molar-refractivity contribution in [3.8, 4) is 0 Å². The second-order valence-corrected chi connectivity index (χ2v) is 32.4. The summed E-state index contributed by atoms with van der Waals surface area (Å²) in [5.74, 6) is -5.78. The number of nitrogens with one attached hydrogen (secondary N) is 6. The minimum atomic E-state index is -2.83. The van der Waals surface area contributed by atoms with Crippen LogP contribution in [0.4, 0.5) is 0 Å². The number of ether oxygens (including phenoxy) is 19. The van der Waals surface area contributed by atoms with Crippen LogP contribution in [0.25, 0.3) is 0 Å². The maximum Gasteiger partial charge on any atom is 0.217 e. The normalized spacial score (nSPS) is 47.5. The summed E-state index contributed by atoms with van der Waals surface area (Å²) in [6.07, 6.45) is -97.0. The first kappa shape index (κ1) is 106. The smallest absolute Gasteiger partial charge is 0.217 e. The molecular formula is C72H120N6O51. The molecule has 0 aliphatic carbocycles. The van der Waals surface area contributed by atoms with E-state index in [1.54, 1.807) is 0 Å². The molecule has 32 N–H and O–H groups in total. The van der Waals surface area contributed by atoms with Gasteiger partial charge in [0.15, 0.2) is 62.9 Å². The van der Waals surface area contributed by atoms with Gasteiger partial charge in [-0.25, -0.2) is 0 Å². The molecule has 0 aromatic heterocycles. The van der Waals surface area contributed by atoms with Crippen molar-refractivity contribution < 1.29 is 252 Å². The van der Waals surface area contributed by atoms with Gasteiger partial charge in [-0.3, -0.25) is 28.8 Å². The van der Waals surface area contributed by atoms with Crippen molar-refractivity contribution in [3.05, 3.63) is 0 Å². The van der Waals surface area contributed by atoms with Gasteiger partial charge >= 0.3 is 0 Å². The van der Waals surface area contributed by atoms with Crippen molar-refractivity contribution in [3.63, 3.8) is 0 Å².